The van der Waals surface area contributed by atoms with Gasteiger partial charge in [-0.05, 0) is 24.4 Å². The van der Waals surface area contributed by atoms with Gasteiger partial charge in [-0.15, -0.1) is 6.58 Å². The van der Waals surface area contributed by atoms with Crippen LogP contribution in [0.5, 0.6) is 0 Å². The van der Waals surface area contributed by atoms with Gasteiger partial charge in [0, 0.05) is 6.26 Å². The lowest BCUT2D eigenvalue weighted by atomic mass is 10.1. The maximum absolute atomic E-state index is 12.8. The number of hydrogen-bond acceptors (Lipinski definition) is 5. The summed E-state index contributed by atoms with van der Waals surface area (Å²) in [5.41, 5.74) is 7.58. The van der Waals surface area contributed by atoms with Crippen molar-refractivity contribution in [3.63, 3.8) is 0 Å². The van der Waals surface area contributed by atoms with E-state index in [0.717, 1.165) is 5.56 Å². The minimum absolute atomic E-state index is 0.0299. The molecule has 0 fully saturated rings. The third-order valence-corrected chi connectivity index (χ3v) is 5.87. The molecule has 0 amide bonds. The maximum atomic E-state index is 12.8. The van der Waals surface area contributed by atoms with Crippen molar-refractivity contribution in [2.75, 3.05) is 12.0 Å². The Bertz CT molecular complexity index is 749. The van der Waals surface area contributed by atoms with Crippen molar-refractivity contribution in [1.29, 1.82) is 0 Å². The molecule has 1 aromatic carbocycles. The van der Waals surface area contributed by atoms with Crippen LogP contribution in [0.15, 0.2) is 48.0 Å². The molecule has 1 unspecified atom stereocenters. The van der Waals surface area contributed by atoms with E-state index in [9.17, 15) is 8.42 Å². The molecule has 0 radical (unpaired) electrons. The summed E-state index contributed by atoms with van der Waals surface area (Å²) >= 11 is 1.24. The summed E-state index contributed by atoms with van der Waals surface area (Å²) in [6.45, 7) is 5.60. The topological polar surface area (TPSA) is 78.0 Å². The van der Waals surface area contributed by atoms with Gasteiger partial charge in [0.2, 0.25) is 0 Å². The summed E-state index contributed by atoms with van der Waals surface area (Å²) in [6.07, 6.45) is 4.46. The van der Waals surface area contributed by atoms with E-state index in [1.165, 1.54) is 28.3 Å². The van der Waals surface area contributed by atoms with Crippen molar-refractivity contribution in [3.8, 4) is 0 Å². The van der Waals surface area contributed by atoms with E-state index < -0.39 is 15.1 Å². The molecule has 1 heterocycles. The maximum Gasteiger partial charge on any atom is 0.194 e. The highest BCUT2D eigenvalue weighted by Crippen LogP contribution is 2.33. The van der Waals surface area contributed by atoms with Gasteiger partial charge in [-0.1, -0.05) is 35.9 Å². The van der Waals surface area contributed by atoms with Crippen LogP contribution in [-0.4, -0.2) is 23.9 Å². The third-order valence-electron chi connectivity index (χ3n) is 3.17. The number of nitrogens with zero attached hydrogens (tertiary/aromatic N) is 2. The zero-order chi connectivity index (χ0) is 15.6. The third kappa shape index (κ3) is 2.84. The van der Waals surface area contributed by atoms with E-state index in [1.54, 1.807) is 18.4 Å². The lowest BCUT2D eigenvalue weighted by Crippen LogP contribution is -2.13. The monoisotopic (exact) mass is 323 g/mol. The second kappa shape index (κ2) is 5.95. The van der Waals surface area contributed by atoms with Crippen LogP contribution in [0.1, 0.15) is 16.4 Å². The lowest BCUT2D eigenvalue weighted by molar-refractivity contribution is 0.591. The van der Waals surface area contributed by atoms with Crippen LogP contribution in [0.4, 0.5) is 5.82 Å². The molecule has 112 valence electrons. The standard InChI is InChI=1S/C14H17N3O2S2/c1-4-12(11-7-5-10(2)6-8-11)21(18,19)13-9-16-17(20-3)14(13)15/h4-9,12H,1,15H2,2-3H3. The zero-order valence-corrected chi connectivity index (χ0v) is 13.5. The van der Waals surface area contributed by atoms with E-state index >= 15 is 0 Å². The molecule has 1 atom stereocenters. The molecule has 2 aromatic rings. The summed E-state index contributed by atoms with van der Waals surface area (Å²) < 4.78 is 26.9. The highest BCUT2D eigenvalue weighted by molar-refractivity contribution is 7.97. The Labute approximate surface area is 128 Å². The minimum Gasteiger partial charge on any atom is -0.382 e. The SMILES string of the molecule is C=CC(c1ccc(C)cc1)S(=O)(=O)c1cnn(SC)c1N. The van der Waals surface area contributed by atoms with Crippen molar-refractivity contribution < 1.29 is 8.42 Å². The number of nitrogens with two attached hydrogens (primary N) is 1. The summed E-state index contributed by atoms with van der Waals surface area (Å²) in [7, 11) is -3.68. The Morgan fingerprint density at radius 2 is 2.00 bits per heavy atom. The predicted molar refractivity (Wildman–Crippen MR) is 86.9 cm³/mol. The molecular formula is C14H17N3O2S2. The van der Waals surface area contributed by atoms with Gasteiger partial charge < -0.3 is 5.73 Å². The van der Waals surface area contributed by atoms with E-state index in [2.05, 4.69) is 11.7 Å². The largest absolute Gasteiger partial charge is 0.382 e. The van der Waals surface area contributed by atoms with E-state index in [4.69, 9.17) is 5.73 Å². The van der Waals surface area contributed by atoms with Gasteiger partial charge >= 0.3 is 0 Å². The van der Waals surface area contributed by atoms with Crippen molar-refractivity contribution in [2.24, 2.45) is 0 Å². The normalized spacial score (nSPS) is 13.0. The Morgan fingerprint density at radius 1 is 1.38 bits per heavy atom. The van der Waals surface area contributed by atoms with Crippen LogP contribution in [-0.2, 0) is 9.84 Å². The average Bonchev–Trinajstić information content (AvgIpc) is 2.83. The number of nitrogen functional groups attached to an aromatic ring is 1. The molecule has 0 bridgehead atoms. The number of aryl methyl sites for hydroxylation is 1. The number of hydrogen-bond donors (Lipinski definition) is 1. The minimum atomic E-state index is -3.68. The quantitative estimate of drug-likeness (QED) is 0.856. The molecule has 1 aromatic heterocycles. The van der Waals surface area contributed by atoms with Crippen molar-refractivity contribution in [3.05, 3.63) is 54.2 Å². The van der Waals surface area contributed by atoms with E-state index in [-0.39, 0.29) is 10.7 Å². The summed E-state index contributed by atoms with van der Waals surface area (Å²) in [5, 5.41) is 3.12. The van der Waals surface area contributed by atoms with Gasteiger partial charge in [0.15, 0.2) is 15.7 Å². The smallest absolute Gasteiger partial charge is 0.194 e. The molecule has 0 aliphatic rings. The van der Waals surface area contributed by atoms with Gasteiger partial charge in [0.1, 0.15) is 10.1 Å². The number of anilines is 1. The second-order valence-corrected chi connectivity index (χ2v) is 7.31. The van der Waals surface area contributed by atoms with Gasteiger partial charge in [-0.2, -0.15) is 9.19 Å². The fraction of sp³-hybridized carbons (Fsp3) is 0.214. The van der Waals surface area contributed by atoms with Crippen LogP contribution in [0.3, 0.4) is 0 Å². The highest BCUT2D eigenvalue weighted by Gasteiger charge is 2.30. The molecule has 0 saturated heterocycles. The van der Waals surface area contributed by atoms with Gasteiger partial charge in [0.25, 0.3) is 0 Å². The van der Waals surface area contributed by atoms with Crippen LogP contribution < -0.4 is 5.73 Å². The van der Waals surface area contributed by atoms with E-state index in [1.807, 2.05) is 19.1 Å². The van der Waals surface area contributed by atoms with Crippen LogP contribution in [0.2, 0.25) is 0 Å². The van der Waals surface area contributed by atoms with Crippen molar-refractivity contribution in [1.82, 2.24) is 9.19 Å². The molecule has 0 saturated carbocycles. The first kappa shape index (κ1) is 15.7. The summed E-state index contributed by atoms with van der Waals surface area (Å²) in [5.74, 6) is 0.126. The average molecular weight is 323 g/mol. The lowest BCUT2D eigenvalue weighted by Gasteiger charge is -2.14. The number of rotatable bonds is 5. The molecule has 2 N–H and O–H groups in total. The number of benzene rings is 1. The first-order valence-electron chi connectivity index (χ1n) is 6.22. The molecular weight excluding hydrogens is 306 g/mol. The van der Waals surface area contributed by atoms with Crippen LogP contribution in [0.25, 0.3) is 0 Å². The zero-order valence-electron chi connectivity index (χ0n) is 11.9. The first-order valence-corrected chi connectivity index (χ1v) is 8.95. The Morgan fingerprint density at radius 3 is 2.48 bits per heavy atom. The molecule has 0 aliphatic carbocycles. The Kier molecular flexibility index (Phi) is 4.43. The van der Waals surface area contributed by atoms with Crippen LogP contribution >= 0.6 is 11.9 Å². The number of sulfone groups is 1. The second-order valence-electron chi connectivity index (χ2n) is 4.56. The molecule has 21 heavy (non-hydrogen) atoms. The number of aromatic nitrogens is 2. The highest BCUT2D eigenvalue weighted by atomic mass is 32.2. The van der Waals surface area contributed by atoms with Crippen LogP contribution in [0, 0.1) is 6.92 Å². The van der Waals surface area contributed by atoms with Crippen molar-refractivity contribution >= 4 is 27.6 Å². The fourth-order valence-electron chi connectivity index (χ4n) is 2.03. The summed E-state index contributed by atoms with van der Waals surface area (Å²) in [4.78, 5) is 0.0299. The molecule has 2 rings (SSSR count). The van der Waals surface area contributed by atoms with Crippen molar-refractivity contribution in [2.45, 2.75) is 17.1 Å². The van der Waals surface area contributed by atoms with Gasteiger partial charge in [-0.25, -0.2) is 8.42 Å². The van der Waals surface area contributed by atoms with Gasteiger partial charge in [-0.3, -0.25) is 0 Å². The van der Waals surface area contributed by atoms with E-state index in [0.29, 0.717) is 5.56 Å². The molecule has 5 nitrogen and oxygen atoms in total. The fourth-order valence-corrected chi connectivity index (χ4v) is 4.14. The Balaban J connectivity index is 2.51. The summed E-state index contributed by atoms with van der Waals surface area (Å²) in [6, 6.07) is 7.31. The molecule has 0 aliphatic heterocycles. The first-order chi connectivity index (χ1) is 9.91. The molecule has 7 heteroatoms. The Hall–Kier alpha value is -1.73. The van der Waals surface area contributed by atoms with Gasteiger partial charge in [0.05, 0.1) is 6.20 Å². The molecule has 0 spiro atoms. The predicted octanol–water partition coefficient (Wildman–Crippen LogP) is 2.60.